The third kappa shape index (κ3) is 44300. The molecule has 0 aliphatic carbocycles. The number of carbonyl (C=O) groups excluding carboxylic acids is 12. The molecule has 0 fully saturated rings. The summed E-state index contributed by atoms with van der Waals surface area (Å²) in [7, 11) is 0. The molecule has 0 spiro atoms. The van der Waals surface area contributed by atoms with Gasteiger partial charge in [-0.2, -0.15) is 0 Å². The third-order valence-electron chi connectivity index (χ3n) is 0.500. The van der Waals surface area contributed by atoms with E-state index in [1.54, 1.807) is 0 Å². The van der Waals surface area contributed by atoms with Gasteiger partial charge in [0.2, 0.25) is 0 Å². The first-order valence-corrected chi connectivity index (χ1v) is 14.8. The maximum absolute atomic E-state index is 8.89. The number of nitrogens with two attached hydrogens (primary N) is 6. The summed E-state index contributed by atoms with van der Waals surface area (Å²) in [6.07, 6.45) is 0. The first-order valence-electron chi connectivity index (χ1n) is 14.8. The van der Waals surface area contributed by atoms with Crippen molar-refractivity contribution in [3.8, 4) is 0 Å². The Balaban J connectivity index is -0.0000000151. The number of aliphatic carboxylic acids is 12. The molecule has 68 heavy (non-hydrogen) atoms. The average molecular weight is 1210 g/mol. The fraction of sp³-hybridized carbons (Fsp3) is 0.600. The Morgan fingerprint density at radius 1 is 0.206 bits per heavy atom. The number of carboxylic acid groups (broad SMARTS) is 12. The van der Waals surface area contributed by atoms with E-state index in [0.717, 1.165) is 83.1 Å². The molecule has 0 saturated heterocycles. The average Bonchev–Trinajstić information content (AvgIpc) is 2.94. The van der Waals surface area contributed by atoms with Crippen molar-refractivity contribution >= 4 is 190 Å². The van der Waals surface area contributed by atoms with Gasteiger partial charge in [0.05, 0.1) is 0 Å². The molecule has 0 atom stereocenters. The van der Waals surface area contributed by atoms with Crippen LogP contribution in [0.4, 0.5) is 0 Å². The van der Waals surface area contributed by atoms with Gasteiger partial charge in [0.15, 0.2) is 0 Å². The van der Waals surface area contributed by atoms with Crippen LogP contribution in [-0.4, -0.2) is 229 Å². The summed E-state index contributed by atoms with van der Waals surface area (Å²) >= 11 is 0. The zero-order valence-electron chi connectivity index (χ0n) is 36.9. The van der Waals surface area contributed by atoms with E-state index in [9.17, 15) is 0 Å². The zero-order valence-corrected chi connectivity index (χ0v) is 41.3. The second kappa shape index (κ2) is 166. The van der Waals surface area contributed by atoms with Crippen LogP contribution >= 0.6 is 0 Å². The van der Waals surface area contributed by atoms with Crippen molar-refractivity contribution in [2.75, 3.05) is 39.3 Å². The monoisotopic (exact) mass is 1210 g/mol. The Morgan fingerprint density at radius 2 is 0.221 bits per heavy atom. The van der Waals surface area contributed by atoms with Gasteiger partial charge in [0.25, 0.3) is 0 Å². The van der Waals surface area contributed by atoms with Crippen LogP contribution in [0.15, 0.2) is 0 Å². The van der Waals surface area contributed by atoms with Gasteiger partial charge in [-0.15, -0.1) is 0 Å². The molecule has 0 aliphatic heterocycles. The number of carboxylic acids is 12. The van der Waals surface area contributed by atoms with Crippen LogP contribution in [0.1, 0.15) is 83.1 Å². The predicted molar refractivity (Wildman–Crippen MR) is 211 cm³/mol. The minimum absolute atomic E-state index is 0. The van der Waals surface area contributed by atoms with Crippen LogP contribution in [0.25, 0.3) is 0 Å². The van der Waals surface area contributed by atoms with Crippen molar-refractivity contribution in [3.63, 3.8) is 0 Å². The third-order valence-corrected chi connectivity index (χ3v) is 0.500. The molecule has 0 aromatic carbocycles. The summed E-state index contributed by atoms with van der Waals surface area (Å²) in [6.45, 7) is 15.2. The van der Waals surface area contributed by atoms with Crippen molar-refractivity contribution < 1.29 is 187 Å². The number of hydrogen-bond acceptors (Lipinski definition) is 30. The maximum atomic E-state index is 8.89. The summed E-state index contributed by atoms with van der Waals surface area (Å²) in [4.78, 5) is 107. The normalized spacial score (nSPS) is 5.74. The fourth-order valence-electron chi connectivity index (χ4n) is 0. The summed E-state index contributed by atoms with van der Waals surface area (Å²) < 4.78 is 0. The summed E-state index contributed by atoms with van der Waals surface area (Å²) in [5.41, 5.74) is 29.4. The molecule has 12 N–H and O–H groups in total. The van der Waals surface area contributed by atoms with E-state index >= 15 is 0 Å². The van der Waals surface area contributed by atoms with Crippen molar-refractivity contribution in [2.24, 2.45) is 34.4 Å². The first kappa shape index (κ1) is 151. The molecule has 30 nitrogen and oxygen atoms in total. The van der Waals surface area contributed by atoms with Gasteiger partial charge >= 0.3 is 187 Å². The molecule has 0 heterocycles. The van der Waals surface area contributed by atoms with Crippen LogP contribution in [-0.2, 0) is 126 Å². The SMILES string of the molecule is CC(=O)[O-].CC(=O)[O-].CC(=O)[O-].CC(=O)[O-].CC(=O)[O-].CC(=O)[O-].CC(=O)[O-].CC(=O)[O-].CC(=O)[O-].CC(=O)[O-].CC(=O)[O-].CC(=O)[O-].NCCN.NCCN.NCCN.[Fe+3].[Fe+3].[Fe+3].[Fe+3].[NaH].[NaH].[NaH].[NaH]. The molecule has 0 saturated carbocycles. The number of hydrogen-bond donors (Lipinski definition) is 6. The molecule has 0 aromatic rings. The van der Waals surface area contributed by atoms with Crippen LogP contribution in [0.5, 0.6) is 0 Å². The van der Waals surface area contributed by atoms with Gasteiger partial charge in [-0.3, -0.25) is 0 Å². The van der Waals surface area contributed by atoms with Gasteiger partial charge in [-0.1, -0.05) is 0 Å². The number of carbonyl (C=O) groups is 12. The van der Waals surface area contributed by atoms with E-state index in [1.807, 2.05) is 0 Å². The second-order valence-electron chi connectivity index (χ2n) is 7.63. The summed E-state index contributed by atoms with van der Waals surface area (Å²) in [5, 5.41) is 107. The molecule has 0 rings (SSSR count). The predicted octanol–water partition coefficient (Wildman–Crippen LogP) is -20.8. The molecule has 0 unspecified atom stereocenters. The topological polar surface area (TPSA) is 638 Å². The van der Waals surface area contributed by atoms with Crippen molar-refractivity contribution in [2.45, 2.75) is 83.1 Å². The fourth-order valence-corrected chi connectivity index (χ4v) is 0. The first-order chi connectivity index (χ1) is 26.5. The molecular weight excluding hydrogens is 1140 g/mol. The Bertz CT molecular complexity index is 736. The van der Waals surface area contributed by atoms with Gasteiger partial charge in [0, 0.05) is 111 Å². The quantitative estimate of drug-likeness (QED) is 0.143. The summed E-state index contributed by atoms with van der Waals surface area (Å²) in [6, 6.07) is 0. The van der Waals surface area contributed by atoms with E-state index in [0.29, 0.717) is 39.3 Å². The van der Waals surface area contributed by atoms with E-state index < -0.39 is 71.6 Å². The Kier molecular flexibility index (Phi) is 367. The second-order valence-corrected chi connectivity index (χ2v) is 7.63. The van der Waals surface area contributed by atoms with Crippen molar-refractivity contribution in [1.82, 2.24) is 0 Å². The van der Waals surface area contributed by atoms with Crippen molar-refractivity contribution in [1.29, 1.82) is 0 Å². The molecule has 394 valence electrons. The van der Waals surface area contributed by atoms with Gasteiger partial charge in [0.1, 0.15) is 0 Å². The van der Waals surface area contributed by atoms with Gasteiger partial charge < -0.3 is 153 Å². The Labute approximate surface area is 527 Å². The molecule has 0 amide bonds. The molecular formula is C30H64Fe4N6Na4O24. The standard InChI is InChI=1S/3C2H8N2.12C2H4O2.4Fe.4Na.4H/c3*3-1-2-4;12*1-2(3)4;;;;;;;;;;;;/h3*1-4H2;12*1H3,(H,3,4);;;;;;;;;;;;/q;;;;;;;;;;;;;;;4*+3;;;;;;;;/p-12. The number of rotatable bonds is 3. The van der Waals surface area contributed by atoms with Crippen LogP contribution < -0.4 is 95.7 Å². The summed E-state index contributed by atoms with van der Waals surface area (Å²) in [5.74, 6) is -13.0. The van der Waals surface area contributed by atoms with Crippen LogP contribution in [0.2, 0.25) is 0 Å². The van der Waals surface area contributed by atoms with Crippen LogP contribution in [0, 0.1) is 0 Å². The molecule has 0 aliphatic rings. The van der Waals surface area contributed by atoms with Gasteiger partial charge in [-0.25, -0.2) is 0 Å². The van der Waals surface area contributed by atoms with E-state index in [1.165, 1.54) is 0 Å². The van der Waals surface area contributed by atoms with Gasteiger partial charge in [-0.05, 0) is 83.1 Å². The van der Waals surface area contributed by atoms with E-state index in [2.05, 4.69) is 0 Å². The molecule has 4 radical (unpaired) electrons. The Hall–Kier alpha value is -0.522. The molecule has 38 heteroatoms. The van der Waals surface area contributed by atoms with E-state index in [-0.39, 0.29) is 187 Å². The molecule has 0 bridgehead atoms. The zero-order chi connectivity index (χ0) is 53.2. The van der Waals surface area contributed by atoms with Crippen molar-refractivity contribution in [3.05, 3.63) is 0 Å². The molecule has 0 aromatic heterocycles. The minimum atomic E-state index is -1.08. The Morgan fingerprint density at radius 3 is 0.221 bits per heavy atom. The van der Waals surface area contributed by atoms with E-state index in [4.69, 9.17) is 153 Å². The van der Waals surface area contributed by atoms with Crippen LogP contribution in [0.3, 0.4) is 0 Å².